The van der Waals surface area contributed by atoms with Crippen LogP contribution in [0.1, 0.15) is 61.8 Å². The molecule has 8 rings (SSSR count). The molecular formula is C59H56O8. The van der Waals surface area contributed by atoms with Crippen LogP contribution in [0.4, 0.5) is 0 Å². The minimum atomic E-state index is -0.451. The molecule has 0 aliphatic heterocycles. The van der Waals surface area contributed by atoms with Crippen LogP contribution < -0.4 is 18.9 Å². The summed E-state index contributed by atoms with van der Waals surface area (Å²) < 4.78 is 28.5. The molecule has 8 heteroatoms. The number of ether oxygens (including phenoxy) is 5. The Morgan fingerprint density at radius 3 is 1.48 bits per heavy atom. The number of fused-ring (bicyclic) bond motifs is 2. The van der Waals surface area contributed by atoms with Gasteiger partial charge in [0.05, 0.1) is 24.9 Å². The molecule has 0 aliphatic rings. The summed E-state index contributed by atoms with van der Waals surface area (Å²) in [4.78, 5) is 34.7. The average molecular weight is 893 g/mol. The van der Waals surface area contributed by atoms with Gasteiger partial charge in [-0.2, -0.15) is 0 Å². The molecule has 8 aromatic rings. The number of benzene rings is 8. The molecule has 340 valence electrons. The molecule has 0 heterocycles. The predicted octanol–water partition coefficient (Wildman–Crippen LogP) is 14.4. The lowest BCUT2D eigenvalue weighted by atomic mass is 9.92. The fraction of sp³-hybridized carbons (Fsp3) is 0.169. The molecule has 0 fully saturated rings. The minimum absolute atomic E-state index is 0.115. The Morgan fingerprint density at radius 1 is 0.552 bits per heavy atom. The average Bonchev–Trinajstić information content (AvgIpc) is 3.34. The largest absolute Gasteiger partial charge is 0.496 e. The molecule has 67 heavy (non-hydrogen) atoms. The Bertz CT molecular complexity index is 2880. The third-order valence-electron chi connectivity index (χ3n) is 10.7. The lowest BCUT2D eigenvalue weighted by Crippen LogP contribution is -2.20. The summed E-state index contributed by atoms with van der Waals surface area (Å²) in [5.41, 5.74) is 6.96. The first-order valence-corrected chi connectivity index (χ1v) is 22.2. The van der Waals surface area contributed by atoms with Gasteiger partial charge in [-0.25, -0.2) is 4.79 Å². The van der Waals surface area contributed by atoms with Gasteiger partial charge in [0.15, 0.2) is 0 Å². The summed E-state index contributed by atoms with van der Waals surface area (Å²) in [6.07, 6.45) is 3.04. The molecule has 0 saturated carbocycles. The van der Waals surface area contributed by atoms with Crippen molar-refractivity contribution in [3.8, 4) is 56.4 Å². The zero-order valence-electron chi connectivity index (χ0n) is 38.8. The first-order valence-electron chi connectivity index (χ1n) is 22.2. The van der Waals surface area contributed by atoms with Crippen LogP contribution >= 0.6 is 0 Å². The van der Waals surface area contributed by atoms with Crippen LogP contribution in [0.2, 0.25) is 0 Å². The maximum absolute atomic E-state index is 13.6. The van der Waals surface area contributed by atoms with Gasteiger partial charge in [-0.3, -0.25) is 9.59 Å². The van der Waals surface area contributed by atoms with E-state index in [9.17, 15) is 14.4 Å². The number of rotatable bonds is 15. The standard InChI is InChI=1S/C40H34O6.C16H16O2.C3H6/c1-26(44-25-41)24-27(2)45-33-20-16-29(17-21-33)28-12-14-32(15-13-28)40(42)46-37-23-19-31-9-5-7-11-35(31)39(37)38-34-10-6-4-8-30(34)18-22-36(38)43-3;1-12(2)18-16-9-7-15(8-10-16)14-5-3-13(11-17)4-6-14;1-3-2/h4-23,25-27H,24H2,1-3H3;3-12H,1-2H3;3H,1H2,2H3. The number of carbonyl (C=O) groups excluding carboxylic acids is 3. The fourth-order valence-corrected chi connectivity index (χ4v) is 7.61. The van der Waals surface area contributed by atoms with Gasteiger partial charge in [-0.1, -0.05) is 127 Å². The third-order valence-corrected chi connectivity index (χ3v) is 10.7. The maximum Gasteiger partial charge on any atom is 0.343 e. The molecule has 2 atom stereocenters. The normalized spacial score (nSPS) is 11.4. The summed E-state index contributed by atoms with van der Waals surface area (Å²) >= 11 is 0. The van der Waals surface area contributed by atoms with Crippen molar-refractivity contribution in [1.82, 2.24) is 0 Å². The third kappa shape index (κ3) is 12.9. The molecule has 0 N–H and O–H groups in total. The number of hydrogen-bond acceptors (Lipinski definition) is 8. The monoisotopic (exact) mass is 892 g/mol. The van der Waals surface area contributed by atoms with Crippen molar-refractivity contribution < 1.29 is 38.1 Å². The van der Waals surface area contributed by atoms with Gasteiger partial charge < -0.3 is 23.7 Å². The Labute approximate surface area is 393 Å². The molecule has 8 aromatic carbocycles. The van der Waals surface area contributed by atoms with Gasteiger partial charge in [0.2, 0.25) is 0 Å². The number of allylic oxidation sites excluding steroid dienone is 1. The fourth-order valence-electron chi connectivity index (χ4n) is 7.61. The SMILES string of the molecule is C=CC.CC(C)Oc1ccc(-c2ccc(C=O)cc2)cc1.COc1ccc2ccccc2c1-c1c(OC(=O)c2ccc(-c3ccc(OC(C)CC(C)OC=O)cc3)cc2)ccc2ccccc12. The molecule has 0 spiro atoms. The van der Waals surface area contributed by atoms with Crippen molar-refractivity contribution in [3.05, 3.63) is 194 Å². The Morgan fingerprint density at radius 2 is 1.00 bits per heavy atom. The van der Waals surface area contributed by atoms with Crippen LogP contribution in [0.25, 0.3) is 54.9 Å². The summed E-state index contributed by atoms with van der Waals surface area (Å²) in [6.45, 7) is 13.5. The van der Waals surface area contributed by atoms with E-state index >= 15 is 0 Å². The van der Waals surface area contributed by atoms with Crippen LogP contribution in [0, 0.1) is 0 Å². The quantitative estimate of drug-likeness (QED) is 0.0434. The van der Waals surface area contributed by atoms with E-state index < -0.39 is 5.97 Å². The molecular weight excluding hydrogens is 837 g/mol. The van der Waals surface area contributed by atoms with E-state index in [1.165, 1.54) is 0 Å². The van der Waals surface area contributed by atoms with Crippen molar-refractivity contribution in [1.29, 1.82) is 0 Å². The summed E-state index contributed by atoms with van der Waals surface area (Å²) in [5, 5.41) is 4.06. The second-order valence-corrected chi connectivity index (χ2v) is 16.1. The minimum Gasteiger partial charge on any atom is -0.496 e. The van der Waals surface area contributed by atoms with Gasteiger partial charge in [0, 0.05) is 23.1 Å². The highest BCUT2D eigenvalue weighted by Gasteiger charge is 2.21. The zero-order chi connectivity index (χ0) is 47.7. The Hall–Kier alpha value is -7.97. The second kappa shape index (κ2) is 23.8. The van der Waals surface area contributed by atoms with Crippen LogP contribution in [-0.2, 0) is 9.53 Å². The zero-order valence-corrected chi connectivity index (χ0v) is 38.8. The van der Waals surface area contributed by atoms with Crippen LogP contribution in [0.15, 0.2) is 183 Å². The van der Waals surface area contributed by atoms with E-state index in [2.05, 4.69) is 18.7 Å². The van der Waals surface area contributed by atoms with Crippen molar-refractivity contribution in [2.75, 3.05) is 7.11 Å². The smallest absolute Gasteiger partial charge is 0.343 e. The summed E-state index contributed by atoms with van der Waals surface area (Å²) in [6, 6.07) is 54.6. The van der Waals surface area contributed by atoms with Crippen LogP contribution in [-0.4, -0.2) is 44.1 Å². The lowest BCUT2D eigenvalue weighted by Gasteiger charge is -2.18. The molecule has 8 nitrogen and oxygen atoms in total. The van der Waals surface area contributed by atoms with Crippen LogP contribution in [0.3, 0.4) is 0 Å². The molecule has 0 saturated heterocycles. The highest BCUT2D eigenvalue weighted by atomic mass is 16.5. The van der Waals surface area contributed by atoms with E-state index in [0.29, 0.717) is 35.5 Å². The number of methoxy groups -OCH3 is 1. The first kappa shape index (κ1) is 48.5. The van der Waals surface area contributed by atoms with E-state index in [-0.39, 0.29) is 18.3 Å². The number of hydrogen-bond donors (Lipinski definition) is 0. The first-order chi connectivity index (χ1) is 32.5. The Balaban J connectivity index is 0.000000293. The number of carbonyl (C=O) groups is 3. The Kier molecular flexibility index (Phi) is 17.2. The van der Waals surface area contributed by atoms with Crippen molar-refractivity contribution >= 4 is 40.3 Å². The molecule has 0 aliphatic carbocycles. The number of aldehydes is 1. The lowest BCUT2D eigenvalue weighted by molar-refractivity contribution is -0.133. The maximum atomic E-state index is 13.6. The van der Waals surface area contributed by atoms with Gasteiger partial charge in [-0.05, 0) is 127 Å². The molecule has 0 bridgehead atoms. The summed E-state index contributed by atoms with van der Waals surface area (Å²) in [7, 11) is 1.65. The van der Waals surface area contributed by atoms with Crippen molar-refractivity contribution in [2.24, 2.45) is 0 Å². The van der Waals surface area contributed by atoms with Gasteiger partial charge in [0.25, 0.3) is 6.47 Å². The topological polar surface area (TPSA) is 97.4 Å². The summed E-state index contributed by atoms with van der Waals surface area (Å²) in [5.74, 6) is 2.30. The van der Waals surface area contributed by atoms with E-state index in [4.69, 9.17) is 23.7 Å². The second-order valence-electron chi connectivity index (χ2n) is 16.1. The highest BCUT2D eigenvalue weighted by molar-refractivity contribution is 6.10. The number of esters is 1. The molecule has 0 radical (unpaired) electrons. The predicted molar refractivity (Wildman–Crippen MR) is 270 cm³/mol. The van der Waals surface area contributed by atoms with Gasteiger partial charge in [-0.15, -0.1) is 6.58 Å². The molecule has 2 unspecified atom stereocenters. The molecule has 0 aromatic heterocycles. The van der Waals surface area contributed by atoms with E-state index in [1.54, 1.807) is 25.3 Å². The van der Waals surface area contributed by atoms with Crippen LogP contribution in [0.5, 0.6) is 23.0 Å². The van der Waals surface area contributed by atoms with E-state index in [1.807, 2.05) is 180 Å². The van der Waals surface area contributed by atoms with Gasteiger partial charge >= 0.3 is 5.97 Å². The highest BCUT2D eigenvalue weighted by Crippen LogP contribution is 2.45. The van der Waals surface area contributed by atoms with Crippen molar-refractivity contribution in [2.45, 2.75) is 59.4 Å². The van der Waals surface area contributed by atoms with Crippen molar-refractivity contribution in [3.63, 3.8) is 0 Å². The van der Waals surface area contributed by atoms with E-state index in [0.717, 1.165) is 72.7 Å². The van der Waals surface area contributed by atoms with Gasteiger partial charge in [0.1, 0.15) is 35.4 Å². The molecule has 0 amide bonds.